The molecule has 15 heavy (non-hydrogen) atoms. The van der Waals surface area contributed by atoms with E-state index in [9.17, 15) is 14.4 Å². The van der Waals surface area contributed by atoms with Crippen LogP contribution < -0.4 is 0 Å². The van der Waals surface area contributed by atoms with E-state index in [-0.39, 0.29) is 5.48 Å². The van der Waals surface area contributed by atoms with E-state index in [4.69, 9.17) is 20.6 Å². The minimum atomic E-state index is -2.77. The van der Waals surface area contributed by atoms with Gasteiger partial charge in [0, 0.05) is 0 Å². The first-order valence-electron chi connectivity index (χ1n) is 3.33. The van der Waals surface area contributed by atoms with Crippen LogP contribution in [0.2, 0.25) is 0 Å². The van der Waals surface area contributed by atoms with Crippen LogP contribution in [-0.2, 0) is 19.3 Å². The number of carboxylic acid groups (broad SMARTS) is 2. The second kappa shape index (κ2) is 5.90. The molecular formula is C6H10O9. The molecule has 0 aromatic heterocycles. The Morgan fingerprint density at radius 1 is 1.13 bits per heavy atom. The van der Waals surface area contributed by atoms with E-state index >= 15 is 0 Å². The molecule has 0 fully saturated rings. The standard InChI is InChI=1S/C6H8O8.H2O/c7-3(8)1-6(12,5(10)11)2-4(9)14-13;/h12-13H,1-2H2,(H,7,8)(H,10,11);1H2. The number of aliphatic hydroxyl groups is 1. The molecule has 0 aromatic rings. The summed E-state index contributed by atoms with van der Waals surface area (Å²) in [6, 6.07) is 0. The molecule has 0 spiro atoms. The summed E-state index contributed by atoms with van der Waals surface area (Å²) >= 11 is 0. The summed E-state index contributed by atoms with van der Waals surface area (Å²) < 4.78 is 0. The fourth-order valence-electron chi connectivity index (χ4n) is 0.735. The predicted octanol–water partition coefficient (Wildman–Crippen LogP) is -2.14. The lowest BCUT2D eigenvalue weighted by atomic mass is 9.96. The largest absolute Gasteiger partial charge is 0.481 e. The van der Waals surface area contributed by atoms with Gasteiger partial charge in [-0.25, -0.2) is 9.59 Å². The maximum Gasteiger partial charge on any atom is 0.345 e. The summed E-state index contributed by atoms with van der Waals surface area (Å²) in [4.78, 5) is 34.1. The summed E-state index contributed by atoms with van der Waals surface area (Å²) in [6.07, 6.45) is -2.32. The predicted molar refractivity (Wildman–Crippen MR) is 41.8 cm³/mol. The molecule has 6 N–H and O–H groups in total. The van der Waals surface area contributed by atoms with Gasteiger partial charge in [-0.2, -0.15) is 5.26 Å². The average Bonchev–Trinajstić information content (AvgIpc) is 2.02. The summed E-state index contributed by atoms with van der Waals surface area (Å²) in [5, 5.41) is 33.6. The van der Waals surface area contributed by atoms with Gasteiger partial charge in [-0.05, 0) is 0 Å². The Kier molecular flexibility index (Phi) is 6.20. The Bertz CT molecular complexity index is 259. The summed E-state index contributed by atoms with van der Waals surface area (Å²) in [5.41, 5.74) is -2.77. The minimum absolute atomic E-state index is 0. The van der Waals surface area contributed by atoms with E-state index in [1.807, 2.05) is 0 Å². The number of aliphatic carboxylic acids is 2. The highest BCUT2D eigenvalue weighted by Crippen LogP contribution is 2.16. The number of carboxylic acids is 2. The van der Waals surface area contributed by atoms with Crippen LogP contribution in [0.4, 0.5) is 0 Å². The van der Waals surface area contributed by atoms with E-state index in [1.54, 1.807) is 0 Å². The lowest BCUT2D eigenvalue weighted by Gasteiger charge is -2.18. The molecule has 0 bridgehead atoms. The zero-order chi connectivity index (χ0) is 11.4. The summed E-state index contributed by atoms with van der Waals surface area (Å²) in [7, 11) is 0. The summed E-state index contributed by atoms with van der Waals surface area (Å²) in [6.45, 7) is 0. The number of carbonyl (C=O) groups is 3. The van der Waals surface area contributed by atoms with Gasteiger partial charge >= 0.3 is 17.9 Å². The molecule has 88 valence electrons. The van der Waals surface area contributed by atoms with Crippen molar-refractivity contribution in [2.75, 3.05) is 0 Å². The van der Waals surface area contributed by atoms with Crippen molar-refractivity contribution in [3.8, 4) is 0 Å². The highest BCUT2D eigenvalue weighted by atomic mass is 17.1. The van der Waals surface area contributed by atoms with Gasteiger partial charge in [-0.3, -0.25) is 4.79 Å². The number of rotatable bonds is 5. The third-order valence-corrected chi connectivity index (χ3v) is 1.38. The van der Waals surface area contributed by atoms with Gasteiger partial charge in [0.25, 0.3) is 0 Å². The van der Waals surface area contributed by atoms with Gasteiger partial charge in [0.2, 0.25) is 0 Å². The Labute approximate surface area is 82.7 Å². The molecule has 0 saturated heterocycles. The smallest absolute Gasteiger partial charge is 0.345 e. The molecule has 0 amide bonds. The molecule has 9 heteroatoms. The van der Waals surface area contributed by atoms with Crippen LogP contribution in [0.1, 0.15) is 12.8 Å². The van der Waals surface area contributed by atoms with E-state index in [2.05, 4.69) is 4.89 Å². The molecule has 0 aliphatic carbocycles. The molecule has 0 saturated carbocycles. The lowest BCUT2D eigenvalue weighted by molar-refractivity contribution is -0.238. The van der Waals surface area contributed by atoms with Crippen molar-refractivity contribution in [1.29, 1.82) is 0 Å². The topological polar surface area (TPSA) is 173 Å². The first-order chi connectivity index (χ1) is 6.31. The van der Waals surface area contributed by atoms with Gasteiger partial charge in [0.1, 0.15) is 0 Å². The maximum atomic E-state index is 10.4. The molecule has 1 atom stereocenters. The van der Waals surface area contributed by atoms with Crippen LogP contribution in [0.3, 0.4) is 0 Å². The molecule has 0 aromatic carbocycles. The molecular weight excluding hydrogens is 216 g/mol. The summed E-state index contributed by atoms with van der Waals surface area (Å²) in [5.74, 6) is -4.91. The van der Waals surface area contributed by atoms with Gasteiger partial charge in [-0.15, -0.1) is 0 Å². The van der Waals surface area contributed by atoms with Gasteiger partial charge in [-0.1, -0.05) is 0 Å². The van der Waals surface area contributed by atoms with Crippen LogP contribution >= 0.6 is 0 Å². The number of hydrogen-bond acceptors (Lipinski definition) is 6. The molecule has 0 radical (unpaired) electrons. The van der Waals surface area contributed by atoms with Crippen molar-refractivity contribution in [3.63, 3.8) is 0 Å². The fourth-order valence-corrected chi connectivity index (χ4v) is 0.735. The van der Waals surface area contributed by atoms with Crippen molar-refractivity contribution in [2.24, 2.45) is 0 Å². The average molecular weight is 226 g/mol. The van der Waals surface area contributed by atoms with Crippen LogP contribution in [0.5, 0.6) is 0 Å². The van der Waals surface area contributed by atoms with E-state index in [0.717, 1.165) is 0 Å². The third-order valence-electron chi connectivity index (χ3n) is 1.38. The van der Waals surface area contributed by atoms with E-state index in [0.29, 0.717) is 0 Å². The fraction of sp³-hybridized carbons (Fsp3) is 0.500. The SMILES string of the molecule is O.O=C(O)CC(O)(CC(=O)OO)C(=O)O. The molecule has 1 unspecified atom stereocenters. The Balaban J connectivity index is 0. The quantitative estimate of drug-likeness (QED) is 0.303. The first-order valence-corrected chi connectivity index (χ1v) is 3.33. The highest BCUT2D eigenvalue weighted by Gasteiger charge is 2.41. The van der Waals surface area contributed by atoms with Gasteiger partial charge in [0.15, 0.2) is 5.60 Å². The van der Waals surface area contributed by atoms with Gasteiger partial charge < -0.3 is 25.7 Å². The van der Waals surface area contributed by atoms with Crippen molar-refractivity contribution in [3.05, 3.63) is 0 Å². The van der Waals surface area contributed by atoms with Crippen LogP contribution in [0.15, 0.2) is 0 Å². The Morgan fingerprint density at radius 2 is 1.60 bits per heavy atom. The zero-order valence-electron chi connectivity index (χ0n) is 7.34. The third kappa shape index (κ3) is 4.90. The Hall–Kier alpha value is -1.71. The molecule has 0 rings (SSSR count). The number of carbonyl (C=O) groups excluding carboxylic acids is 1. The van der Waals surface area contributed by atoms with Crippen LogP contribution in [-0.4, -0.2) is 49.6 Å². The van der Waals surface area contributed by atoms with E-state index < -0.39 is 36.4 Å². The van der Waals surface area contributed by atoms with Crippen molar-refractivity contribution in [1.82, 2.24) is 0 Å². The van der Waals surface area contributed by atoms with Crippen molar-refractivity contribution < 1.29 is 45.3 Å². The van der Waals surface area contributed by atoms with Crippen molar-refractivity contribution >= 4 is 17.9 Å². The molecule has 0 aliphatic heterocycles. The lowest BCUT2D eigenvalue weighted by Crippen LogP contribution is -2.43. The number of hydrogen-bond donors (Lipinski definition) is 4. The van der Waals surface area contributed by atoms with Crippen molar-refractivity contribution in [2.45, 2.75) is 18.4 Å². The van der Waals surface area contributed by atoms with Crippen LogP contribution in [0.25, 0.3) is 0 Å². The molecule has 9 nitrogen and oxygen atoms in total. The van der Waals surface area contributed by atoms with Gasteiger partial charge in [0.05, 0.1) is 12.8 Å². The zero-order valence-corrected chi connectivity index (χ0v) is 7.34. The van der Waals surface area contributed by atoms with Crippen LogP contribution in [0, 0.1) is 0 Å². The maximum absolute atomic E-state index is 10.4. The van der Waals surface area contributed by atoms with E-state index in [1.165, 1.54) is 0 Å². The first kappa shape index (κ1) is 15.7. The molecule has 0 heterocycles. The monoisotopic (exact) mass is 226 g/mol. The second-order valence-electron chi connectivity index (χ2n) is 2.55. The minimum Gasteiger partial charge on any atom is -0.481 e. The molecule has 0 aliphatic rings. The normalized spacial score (nSPS) is 13.2. The highest BCUT2D eigenvalue weighted by molar-refractivity contribution is 5.88. The second-order valence-corrected chi connectivity index (χ2v) is 2.55. The Morgan fingerprint density at radius 3 is 1.87 bits per heavy atom.